The first-order valence-electron chi connectivity index (χ1n) is 8.95. The summed E-state index contributed by atoms with van der Waals surface area (Å²) in [7, 11) is 1.69. The van der Waals surface area contributed by atoms with Crippen LogP contribution in [0.15, 0.2) is 41.4 Å². The number of anilines is 1. The zero-order chi connectivity index (χ0) is 19.8. The standard InChI is InChI=1S/C22H24Cl2N2O/c1-6-26-20-11-21(27-5)15(9-17(20)14(2)12-22(26,3)4)13-25-16-7-8-18(23)19(24)10-16/h7-13H,6H2,1-5H3. The minimum atomic E-state index is -0.0352. The minimum absolute atomic E-state index is 0.0352. The summed E-state index contributed by atoms with van der Waals surface area (Å²) in [6, 6.07) is 9.57. The van der Waals surface area contributed by atoms with Gasteiger partial charge in [-0.3, -0.25) is 4.99 Å². The summed E-state index contributed by atoms with van der Waals surface area (Å²) >= 11 is 12.1. The summed E-state index contributed by atoms with van der Waals surface area (Å²) in [6.07, 6.45) is 4.12. The van der Waals surface area contributed by atoms with E-state index in [0.29, 0.717) is 10.0 Å². The van der Waals surface area contributed by atoms with Crippen molar-refractivity contribution in [2.75, 3.05) is 18.6 Å². The van der Waals surface area contributed by atoms with Crippen LogP contribution >= 0.6 is 23.2 Å². The lowest BCUT2D eigenvalue weighted by atomic mass is 9.88. The molecule has 0 N–H and O–H groups in total. The largest absolute Gasteiger partial charge is 0.496 e. The van der Waals surface area contributed by atoms with Crippen molar-refractivity contribution in [1.29, 1.82) is 0 Å². The molecular weight excluding hydrogens is 379 g/mol. The molecule has 2 aromatic carbocycles. The molecule has 0 fully saturated rings. The van der Waals surface area contributed by atoms with Crippen LogP contribution in [0.25, 0.3) is 5.57 Å². The van der Waals surface area contributed by atoms with Gasteiger partial charge in [0.15, 0.2) is 0 Å². The van der Waals surface area contributed by atoms with Crippen LogP contribution in [0.1, 0.15) is 38.8 Å². The molecule has 0 unspecified atom stereocenters. The van der Waals surface area contributed by atoms with Crippen LogP contribution in [-0.4, -0.2) is 25.4 Å². The van der Waals surface area contributed by atoms with Gasteiger partial charge in [-0.1, -0.05) is 29.3 Å². The van der Waals surface area contributed by atoms with Gasteiger partial charge in [0.25, 0.3) is 0 Å². The first-order chi connectivity index (χ1) is 12.8. The fourth-order valence-corrected chi connectivity index (χ4v) is 3.98. The third kappa shape index (κ3) is 3.85. The van der Waals surface area contributed by atoms with Crippen molar-refractivity contribution in [2.45, 2.75) is 33.2 Å². The number of halogens is 2. The Labute approximate surface area is 171 Å². The first-order valence-corrected chi connectivity index (χ1v) is 9.71. The second-order valence-electron chi connectivity index (χ2n) is 7.19. The number of hydrogen-bond donors (Lipinski definition) is 0. The summed E-state index contributed by atoms with van der Waals surface area (Å²) in [6.45, 7) is 9.71. The highest BCUT2D eigenvalue weighted by Gasteiger charge is 2.31. The molecule has 1 heterocycles. The summed E-state index contributed by atoms with van der Waals surface area (Å²) in [5.74, 6) is 0.793. The van der Waals surface area contributed by atoms with Gasteiger partial charge in [0, 0.05) is 35.6 Å². The van der Waals surface area contributed by atoms with Crippen molar-refractivity contribution in [2.24, 2.45) is 4.99 Å². The SMILES string of the molecule is CCN1c2cc(OC)c(C=Nc3ccc(Cl)c(Cl)c3)cc2C(C)=CC1(C)C. The van der Waals surface area contributed by atoms with E-state index in [9.17, 15) is 0 Å². The van der Waals surface area contributed by atoms with E-state index < -0.39 is 0 Å². The van der Waals surface area contributed by atoms with Crippen LogP contribution in [0.4, 0.5) is 11.4 Å². The predicted octanol–water partition coefficient (Wildman–Crippen LogP) is 6.77. The van der Waals surface area contributed by atoms with Gasteiger partial charge in [-0.25, -0.2) is 0 Å². The molecule has 0 amide bonds. The molecule has 5 heteroatoms. The van der Waals surface area contributed by atoms with Crippen LogP contribution in [0.2, 0.25) is 10.0 Å². The Morgan fingerprint density at radius 2 is 1.89 bits per heavy atom. The van der Waals surface area contributed by atoms with Crippen molar-refractivity contribution in [1.82, 2.24) is 0 Å². The maximum atomic E-state index is 6.08. The van der Waals surface area contributed by atoms with Gasteiger partial charge in [-0.05, 0) is 57.5 Å². The molecule has 0 spiro atoms. The number of allylic oxidation sites excluding steroid dienone is 1. The summed E-state index contributed by atoms with van der Waals surface area (Å²) < 4.78 is 5.65. The molecule has 27 heavy (non-hydrogen) atoms. The Kier molecular flexibility index (Phi) is 5.55. The Hall–Kier alpha value is -1.97. The van der Waals surface area contributed by atoms with Gasteiger partial charge in [-0.2, -0.15) is 0 Å². The van der Waals surface area contributed by atoms with Crippen LogP contribution in [-0.2, 0) is 0 Å². The minimum Gasteiger partial charge on any atom is -0.496 e. The lowest BCUT2D eigenvalue weighted by Crippen LogP contribution is -2.44. The zero-order valence-electron chi connectivity index (χ0n) is 16.3. The molecule has 0 saturated carbocycles. The molecule has 0 aliphatic carbocycles. The Morgan fingerprint density at radius 1 is 1.15 bits per heavy atom. The van der Waals surface area contributed by atoms with Gasteiger partial charge < -0.3 is 9.64 Å². The third-order valence-electron chi connectivity index (χ3n) is 4.90. The maximum absolute atomic E-state index is 6.08. The molecule has 0 atom stereocenters. The van der Waals surface area contributed by atoms with E-state index in [0.717, 1.165) is 23.5 Å². The number of aliphatic imine (C=N–C) groups is 1. The van der Waals surface area contributed by atoms with Crippen LogP contribution < -0.4 is 9.64 Å². The van der Waals surface area contributed by atoms with Gasteiger partial charge >= 0.3 is 0 Å². The molecule has 0 bridgehead atoms. The van der Waals surface area contributed by atoms with Gasteiger partial charge in [0.2, 0.25) is 0 Å². The van der Waals surface area contributed by atoms with Gasteiger partial charge in [0.1, 0.15) is 5.75 Å². The average Bonchev–Trinajstić information content (AvgIpc) is 2.61. The van der Waals surface area contributed by atoms with Crippen molar-refractivity contribution < 1.29 is 4.74 Å². The molecule has 0 aromatic heterocycles. The molecule has 0 radical (unpaired) electrons. The smallest absolute Gasteiger partial charge is 0.129 e. The van der Waals surface area contributed by atoms with E-state index in [4.69, 9.17) is 27.9 Å². The summed E-state index contributed by atoms with van der Waals surface area (Å²) in [5, 5.41) is 1.01. The Balaban J connectivity index is 2.06. The third-order valence-corrected chi connectivity index (χ3v) is 5.64. The van der Waals surface area contributed by atoms with E-state index >= 15 is 0 Å². The van der Waals surface area contributed by atoms with Gasteiger partial charge in [0.05, 0.1) is 28.4 Å². The number of nitrogens with zero attached hydrogens (tertiary/aromatic N) is 2. The highest BCUT2D eigenvalue weighted by molar-refractivity contribution is 6.42. The zero-order valence-corrected chi connectivity index (χ0v) is 17.8. The fraction of sp³-hybridized carbons (Fsp3) is 0.318. The van der Waals surface area contributed by atoms with Crippen LogP contribution in [0.3, 0.4) is 0 Å². The molecule has 0 saturated heterocycles. The number of rotatable bonds is 4. The quantitative estimate of drug-likeness (QED) is 0.526. The Bertz CT molecular complexity index is 932. The first kappa shape index (κ1) is 19.8. The molecule has 3 nitrogen and oxygen atoms in total. The van der Waals surface area contributed by atoms with E-state index in [2.05, 4.69) is 55.8 Å². The highest BCUT2D eigenvalue weighted by Crippen LogP contribution is 2.41. The molecular formula is C22H24Cl2N2O. The van der Waals surface area contributed by atoms with Crippen LogP contribution in [0, 0.1) is 0 Å². The number of ether oxygens (including phenoxy) is 1. The average molecular weight is 403 g/mol. The van der Waals surface area contributed by atoms with E-state index in [1.165, 1.54) is 16.8 Å². The highest BCUT2D eigenvalue weighted by atomic mass is 35.5. The topological polar surface area (TPSA) is 24.8 Å². The molecule has 1 aliphatic rings. The maximum Gasteiger partial charge on any atom is 0.129 e. The monoisotopic (exact) mass is 402 g/mol. The molecule has 2 aromatic rings. The van der Waals surface area contributed by atoms with Crippen molar-refractivity contribution in [3.8, 4) is 5.75 Å². The Morgan fingerprint density at radius 3 is 2.52 bits per heavy atom. The van der Waals surface area contributed by atoms with Crippen LogP contribution in [0.5, 0.6) is 5.75 Å². The normalized spacial score (nSPS) is 15.7. The van der Waals surface area contributed by atoms with Gasteiger partial charge in [-0.15, -0.1) is 0 Å². The fourth-order valence-electron chi connectivity index (χ4n) is 3.69. The van der Waals surface area contributed by atoms with Crippen molar-refractivity contribution in [3.63, 3.8) is 0 Å². The number of likely N-dealkylation sites (N-methyl/N-ethyl adjacent to an activating group) is 1. The second kappa shape index (κ2) is 7.57. The molecule has 142 valence electrons. The van der Waals surface area contributed by atoms with E-state index in [1.807, 2.05) is 12.3 Å². The van der Waals surface area contributed by atoms with Crippen molar-refractivity contribution >= 4 is 46.4 Å². The van der Waals surface area contributed by atoms with E-state index in [1.54, 1.807) is 19.2 Å². The lowest BCUT2D eigenvalue weighted by Gasteiger charge is -2.43. The number of hydrogen-bond acceptors (Lipinski definition) is 3. The molecule has 3 rings (SSSR count). The summed E-state index contributed by atoms with van der Waals surface area (Å²) in [4.78, 5) is 6.93. The predicted molar refractivity (Wildman–Crippen MR) is 117 cm³/mol. The number of benzene rings is 2. The van der Waals surface area contributed by atoms with E-state index in [-0.39, 0.29) is 5.54 Å². The number of fused-ring (bicyclic) bond motifs is 1. The number of methoxy groups -OCH3 is 1. The van der Waals surface area contributed by atoms with Crippen molar-refractivity contribution in [3.05, 3.63) is 57.6 Å². The second-order valence-corrected chi connectivity index (χ2v) is 8.01. The summed E-state index contributed by atoms with van der Waals surface area (Å²) in [5.41, 5.74) is 5.27. The lowest BCUT2D eigenvalue weighted by molar-refractivity contribution is 0.413. The molecule has 1 aliphatic heterocycles.